The zero-order valence-electron chi connectivity index (χ0n) is 22.2. The van der Waals surface area contributed by atoms with Crippen LogP contribution in [0.5, 0.6) is 5.75 Å². The number of benzene rings is 1. The third kappa shape index (κ3) is 10.5. The molecule has 186 valence electrons. The monoisotopic (exact) mass is 453 g/mol. The first-order valence-electron chi connectivity index (χ1n) is 14.1. The SMILES string of the molecule is CCCCCCCCOc1ccc(C2CCC(C#N)(CCC(C)CCCC(C)C)CC2)cc1. The average molecular weight is 454 g/mol. The van der Waals surface area contributed by atoms with Crippen molar-refractivity contribution < 1.29 is 4.74 Å². The van der Waals surface area contributed by atoms with Gasteiger partial charge < -0.3 is 4.74 Å². The second kappa shape index (κ2) is 15.4. The summed E-state index contributed by atoms with van der Waals surface area (Å²) in [7, 11) is 0. The molecule has 0 aromatic heterocycles. The number of ether oxygens (including phenoxy) is 1. The summed E-state index contributed by atoms with van der Waals surface area (Å²) in [5, 5.41) is 9.99. The van der Waals surface area contributed by atoms with Gasteiger partial charge in [0.05, 0.1) is 18.1 Å². The van der Waals surface area contributed by atoms with Crippen LogP contribution in [0.1, 0.15) is 135 Å². The fraction of sp³-hybridized carbons (Fsp3) is 0.774. The van der Waals surface area contributed by atoms with Crippen molar-refractivity contribution in [2.45, 2.75) is 130 Å². The number of rotatable bonds is 16. The maximum absolute atomic E-state index is 9.99. The van der Waals surface area contributed by atoms with E-state index in [0.29, 0.717) is 5.92 Å². The molecule has 0 radical (unpaired) electrons. The Bertz CT molecular complexity index is 663. The molecular formula is C31H51NO. The van der Waals surface area contributed by atoms with Gasteiger partial charge in [-0.05, 0) is 80.4 Å². The molecule has 1 aliphatic rings. The molecule has 2 rings (SSSR count). The van der Waals surface area contributed by atoms with Crippen molar-refractivity contribution in [1.82, 2.24) is 0 Å². The van der Waals surface area contributed by atoms with Crippen molar-refractivity contribution in [1.29, 1.82) is 5.26 Å². The third-order valence-corrected chi connectivity index (χ3v) is 7.89. The van der Waals surface area contributed by atoms with E-state index in [1.54, 1.807) is 0 Å². The summed E-state index contributed by atoms with van der Waals surface area (Å²) in [5.41, 5.74) is 1.35. The minimum Gasteiger partial charge on any atom is -0.494 e. The highest BCUT2D eigenvalue weighted by atomic mass is 16.5. The van der Waals surface area contributed by atoms with Gasteiger partial charge in [-0.1, -0.05) is 91.2 Å². The van der Waals surface area contributed by atoms with E-state index >= 15 is 0 Å². The minimum atomic E-state index is -0.0804. The van der Waals surface area contributed by atoms with E-state index < -0.39 is 0 Å². The van der Waals surface area contributed by atoms with Gasteiger partial charge in [0.1, 0.15) is 5.75 Å². The Hall–Kier alpha value is -1.49. The molecule has 1 aliphatic carbocycles. The Morgan fingerprint density at radius 3 is 2.21 bits per heavy atom. The number of nitriles is 1. The van der Waals surface area contributed by atoms with Crippen LogP contribution in [-0.4, -0.2) is 6.61 Å². The van der Waals surface area contributed by atoms with Gasteiger partial charge in [-0.3, -0.25) is 0 Å². The summed E-state index contributed by atoms with van der Waals surface area (Å²) in [6.45, 7) is 10.1. The molecule has 0 bridgehead atoms. The third-order valence-electron chi connectivity index (χ3n) is 7.89. The Labute approximate surface area is 205 Å². The van der Waals surface area contributed by atoms with E-state index in [0.717, 1.165) is 62.7 Å². The molecule has 0 N–H and O–H groups in total. The Morgan fingerprint density at radius 1 is 0.909 bits per heavy atom. The molecule has 1 aromatic rings. The summed E-state index contributed by atoms with van der Waals surface area (Å²) in [6, 6.07) is 11.6. The largest absolute Gasteiger partial charge is 0.494 e. The van der Waals surface area contributed by atoms with Gasteiger partial charge in [-0.2, -0.15) is 5.26 Å². The summed E-state index contributed by atoms with van der Waals surface area (Å²) in [5.74, 6) is 3.15. The van der Waals surface area contributed by atoms with Crippen LogP contribution >= 0.6 is 0 Å². The van der Waals surface area contributed by atoms with E-state index in [1.807, 2.05) is 0 Å². The maximum Gasteiger partial charge on any atom is 0.119 e. The highest BCUT2D eigenvalue weighted by Crippen LogP contribution is 2.46. The van der Waals surface area contributed by atoms with Gasteiger partial charge in [0.25, 0.3) is 0 Å². The smallest absolute Gasteiger partial charge is 0.119 e. The fourth-order valence-corrected chi connectivity index (χ4v) is 5.37. The minimum absolute atomic E-state index is 0.0804. The molecule has 0 aliphatic heterocycles. The van der Waals surface area contributed by atoms with E-state index in [4.69, 9.17) is 4.74 Å². The predicted molar refractivity (Wildman–Crippen MR) is 142 cm³/mol. The van der Waals surface area contributed by atoms with Gasteiger partial charge in [-0.15, -0.1) is 0 Å². The standard InChI is InChI=1S/C31H51NO/c1-5-6-7-8-9-10-24-33-30-16-14-28(15-17-30)29-19-22-31(25-32,23-20-29)21-18-27(4)13-11-12-26(2)3/h14-17,26-27,29H,5-13,18-24H2,1-4H3. The van der Waals surface area contributed by atoms with E-state index in [-0.39, 0.29) is 5.41 Å². The maximum atomic E-state index is 9.99. The Kier molecular flexibility index (Phi) is 13.0. The lowest BCUT2D eigenvalue weighted by Gasteiger charge is -2.36. The molecule has 0 spiro atoms. The first-order valence-corrected chi connectivity index (χ1v) is 14.1. The van der Waals surface area contributed by atoms with Crippen LogP contribution in [0.25, 0.3) is 0 Å². The second-order valence-electron chi connectivity index (χ2n) is 11.3. The fourth-order valence-electron chi connectivity index (χ4n) is 5.37. The molecular weight excluding hydrogens is 402 g/mol. The van der Waals surface area contributed by atoms with Crippen molar-refractivity contribution in [2.24, 2.45) is 17.3 Å². The van der Waals surface area contributed by atoms with Crippen LogP contribution < -0.4 is 4.74 Å². The Morgan fingerprint density at radius 2 is 1.58 bits per heavy atom. The summed E-state index contributed by atoms with van der Waals surface area (Å²) in [4.78, 5) is 0. The summed E-state index contributed by atoms with van der Waals surface area (Å²) in [6.07, 6.45) is 18.5. The van der Waals surface area contributed by atoms with Crippen molar-refractivity contribution in [2.75, 3.05) is 6.61 Å². The van der Waals surface area contributed by atoms with Crippen molar-refractivity contribution in [3.05, 3.63) is 29.8 Å². The van der Waals surface area contributed by atoms with Gasteiger partial charge in [0, 0.05) is 0 Å². The van der Waals surface area contributed by atoms with Crippen LogP contribution in [0.3, 0.4) is 0 Å². The van der Waals surface area contributed by atoms with Crippen molar-refractivity contribution >= 4 is 0 Å². The highest BCUT2D eigenvalue weighted by Gasteiger charge is 2.35. The molecule has 1 saturated carbocycles. The van der Waals surface area contributed by atoms with E-state index in [9.17, 15) is 5.26 Å². The summed E-state index contributed by atoms with van der Waals surface area (Å²) < 4.78 is 5.96. The molecule has 2 heteroatoms. The van der Waals surface area contributed by atoms with Crippen LogP contribution in [0, 0.1) is 28.6 Å². The Balaban J connectivity index is 1.70. The first kappa shape index (κ1) is 27.8. The van der Waals surface area contributed by atoms with Crippen molar-refractivity contribution in [3.8, 4) is 11.8 Å². The quantitative estimate of drug-likeness (QED) is 0.233. The first-order chi connectivity index (χ1) is 16.0. The molecule has 1 fully saturated rings. The zero-order valence-corrected chi connectivity index (χ0v) is 22.2. The van der Waals surface area contributed by atoms with Gasteiger partial charge >= 0.3 is 0 Å². The van der Waals surface area contributed by atoms with Crippen LogP contribution in [-0.2, 0) is 0 Å². The molecule has 1 unspecified atom stereocenters. The van der Waals surface area contributed by atoms with Crippen LogP contribution in [0.15, 0.2) is 24.3 Å². The van der Waals surface area contributed by atoms with Gasteiger partial charge in [0.2, 0.25) is 0 Å². The number of unbranched alkanes of at least 4 members (excludes halogenated alkanes) is 5. The second-order valence-corrected chi connectivity index (χ2v) is 11.3. The van der Waals surface area contributed by atoms with Crippen LogP contribution in [0.4, 0.5) is 0 Å². The normalized spacial score (nSPS) is 21.6. The van der Waals surface area contributed by atoms with E-state index in [1.165, 1.54) is 63.4 Å². The molecule has 33 heavy (non-hydrogen) atoms. The molecule has 1 atom stereocenters. The van der Waals surface area contributed by atoms with Crippen molar-refractivity contribution in [3.63, 3.8) is 0 Å². The molecule has 0 amide bonds. The van der Waals surface area contributed by atoms with Gasteiger partial charge in [0.15, 0.2) is 0 Å². The molecule has 0 heterocycles. The number of hydrogen-bond acceptors (Lipinski definition) is 2. The predicted octanol–water partition coefficient (Wildman–Crippen LogP) is 9.84. The highest BCUT2D eigenvalue weighted by molar-refractivity contribution is 5.30. The lowest BCUT2D eigenvalue weighted by Crippen LogP contribution is -2.26. The van der Waals surface area contributed by atoms with E-state index in [2.05, 4.69) is 58.0 Å². The topological polar surface area (TPSA) is 33.0 Å². The molecule has 0 saturated heterocycles. The molecule has 2 nitrogen and oxygen atoms in total. The number of hydrogen-bond donors (Lipinski definition) is 0. The number of nitrogens with zero attached hydrogens (tertiary/aromatic N) is 1. The van der Waals surface area contributed by atoms with Crippen LogP contribution in [0.2, 0.25) is 0 Å². The average Bonchev–Trinajstić information content (AvgIpc) is 2.83. The van der Waals surface area contributed by atoms with Gasteiger partial charge in [-0.25, -0.2) is 0 Å². The lowest BCUT2D eigenvalue weighted by atomic mass is 9.67. The molecule has 1 aromatic carbocycles. The lowest BCUT2D eigenvalue weighted by molar-refractivity contribution is 0.211. The zero-order chi connectivity index (χ0) is 23.9. The summed E-state index contributed by atoms with van der Waals surface area (Å²) >= 11 is 0.